The van der Waals surface area contributed by atoms with E-state index in [1.807, 2.05) is 18.2 Å². The Kier molecular flexibility index (Phi) is 5.56. The van der Waals surface area contributed by atoms with Crippen molar-refractivity contribution in [2.75, 3.05) is 23.3 Å². The predicted octanol–water partition coefficient (Wildman–Crippen LogP) is 3.98. The predicted molar refractivity (Wildman–Crippen MR) is 116 cm³/mol. The summed E-state index contributed by atoms with van der Waals surface area (Å²) in [4.78, 5) is 27.4. The van der Waals surface area contributed by atoms with E-state index in [4.69, 9.17) is 0 Å². The lowest BCUT2D eigenvalue weighted by molar-refractivity contribution is -0.117. The van der Waals surface area contributed by atoms with Crippen LogP contribution in [0, 0.1) is 11.8 Å². The lowest BCUT2D eigenvalue weighted by Gasteiger charge is -2.32. The third-order valence-corrected chi connectivity index (χ3v) is 5.60. The van der Waals surface area contributed by atoms with E-state index in [0.717, 1.165) is 38.0 Å². The molecule has 2 N–H and O–H groups in total. The van der Waals surface area contributed by atoms with Gasteiger partial charge in [-0.1, -0.05) is 38.1 Å². The van der Waals surface area contributed by atoms with Gasteiger partial charge in [0.05, 0.1) is 5.56 Å². The largest absolute Gasteiger partial charge is 0.366 e. The first kappa shape index (κ1) is 19.5. The van der Waals surface area contributed by atoms with Crippen LogP contribution in [0.2, 0.25) is 0 Å². The molecule has 0 aromatic heterocycles. The van der Waals surface area contributed by atoms with Crippen LogP contribution in [0.15, 0.2) is 42.5 Å². The molecule has 2 aliphatic rings. The van der Waals surface area contributed by atoms with E-state index in [0.29, 0.717) is 23.7 Å². The van der Waals surface area contributed by atoms with Gasteiger partial charge in [0.15, 0.2) is 0 Å². The lowest BCUT2D eigenvalue weighted by atomic mass is 9.98. The normalized spacial score (nSPS) is 15.8. The van der Waals surface area contributed by atoms with Crippen LogP contribution in [-0.2, 0) is 17.8 Å². The monoisotopic (exact) mass is 391 g/mol. The molecule has 1 saturated carbocycles. The fourth-order valence-corrected chi connectivity index (χ4v) is 3.75. The van der Waals surface area contributed by atoms with E-state index < -0.39 is 0 Å². The summed E-state index contributed by atoms with van der Waals surface area (Å²) >= 11 is 0. The molecule has 0 spiro atoms. The Morgan fingerprint density at radius 3 is 2.59 bits per heavy atom. The number of rotatable bonds is 6. The second-order valence-corrected chi connectivity index (χ2v) is 8.54. The molecule has 152 valence electrons. The molecule has 5 heteroatoms. The zero-order valence-electron chi connectivity index (χ0n) is 17.2. The first-order valence-electron chi connectivity index (χ1n) is 10.6. The highest BCUT2D eigenvalue weighted by Crippen LogP contribution is 2.32. The third kappa shape index (κ3) is 4.61. The van der Waals surface area contributed by atoms with Crippen molar-refractivity contribution in [2.24, 2.45) is 11.8 Å². The van der Waals surface area contributed by atoms with Crippen molar-refractivity contribution in [3.05, 3.63) is 59.2 Å². The minimum Gasteiger partial charge on any atom is -0.366 e. The van der Waals surface area contributed by atoms with Crippen molar-refractivity contribution >= 4 is 23.2 Å². The van der Waals surface area contributed by atoms with Crippen LogP contribution >= 0.6 is 0 Å². The van der Waals surface area contributed by atoms with Crippen LogP contribution in [0.4, 0.5) is 11.4 Å². The highest BCUT2D eigenvalue weighted by molar-refractivity contribution is 6.02. The van der Waals surface area contributed by atoms with Crippen molar-refractivity contribution in [1.82, 2.24) is 5.32 Å². The number of carbonyl (C=O) groups is 2. The Hall–Kier alpha value is -2.82. The molecular weight excluding hydrogens is 362 g/mol. The van der Waals surface area contributed by atoms with Gasteiger partial charge in [-0.3, -0.25) is 9.59 Å². The number of carbonyl (C=O) groups excluding carboxylic acids is 2. The molecule has 1 aliphatic heterocycles. The molecule has 1 heterocycles. The fraction of sp³-hybridized carbons (Fsp3) is 0.417. The summed E-state index contributed by atoms with van der Waals surface area (Å²) in [5.41, 5.74) is 4.92. The number of fused-ring (bicyclic) bond motifs is 1. The van der Waals surface area contributed by atoms with Crippen LogP contribution in [0.3, 0.4) is 0 Å². The van der Waals surface area contributed by atoms with E-state index in [9.17, 15) is 9.59 Å². The summed E-state index contributed by atoms with van der Waals surface area (Å²) in [6, 6.07) is 14.2. The maximum absolute atomic E-state index is 13.0. The van der Waals surface area contributed by atoms with Crippen LogP contribution in [-0.4, -0.2) is 24.9 Å². The molecule has 0 radical (unpaired) electrons. The van der Waals surface area contributed by atoms with Crippen molar-refractivity contribution in [2.45, 2.75) is 39.7 Å². The number of benzene rings is 2. The van der Waals surface area contributed by atoms with E-state index in [1.54, 1.807) is 0 Å². The zero-order chi connectivity index (χ0) is 20.4. The van der Waals surface area contributed by atoms with Crippen LogP contribution in [0.1, 0.15) is 48.2 Å². The topological polar surface area (TPSA) is 61.4 Å². The highest BCUT2D eigenvalue weighted by atomic mass is 16.2. The molecule has 1 fully saturated rings. The first-order chi connectivity index (χ1) is 14.0. The summed E-state index contributed by atoms with van der Waals surface area (Å²) in [7, 11) is 0. The molecule has 1 aliphatic carbocycles. The molecule has 29 heavy (non-hydrogen) atoms. The first-order valence-corrected chi connectivity index (χ1v) is 10.6. The second-order valence-electron chi connectivity index (χ2n) is 8.54. The SMILES string of the molecule is CC(C)CNC(=O)c1cc(NC(=O)C2CC2)ccc1N1CCc2ccccc2C1. The van der Waals surface area contributed by atoms with Gasteiger partial charge in [0.25, 0.3) is 5.91 Å². The van der Waals surface area contributed by atoms with E-state index in [-0.39, 0.29) is 17.7 Å². The minimum absolute atomic E-state index is 0.0539. The minimum atomic E-state index is -0.0879. The van der Waals surface area contributed by atoms with Gasteiger partial charge in [0, 0.05) is 36.9 Å². The number of hydrogen-bond donors (Lipinski definition) is 2. The number of hydrogen-bond acceptors (Lipinski definition) is 3. The number of amides is 2. The summed E-state index contributed by atoms with van der Waals surface area (Å²) in [6.07, 6.45) is 2.88. The van der Waals surface area contributed by atoms with E-state index in [1.165, 1.54) is 11.1 Å². The van der Waals surface area contributed by atoms with Gasteiger partial charge in [0.2, 0.25) is 5.91 Å². The maximum Gasteiger partial charge on any atom is 0.253 e. The van der Waals surface area contributed by atoms with Gasteiger partial charge in [-0.25, -0.2) is 0 Å². The van der Waals surface area contributed by atoms with Crippen molar-refractivity contribution in [3.63, 3.8) is 0 Å². The second kappa shape index (κ2) is 8.27. The molecule has 0 saturated heterocycles. The molecule has 2 amide bonds. The van der Waals surface area contributed by atoms with Gasteiger partial charge in [-0.05, 0) is 54.5 Å². The van der Waals surface area contributed by atoms with Gasteiger partial charge >= 0.3 is 0 Å². The van der Waals surface area contributed by atoms with Crippen molar-refractivity contribution < 1.29 is 9.59 Å². The number of nitrogens with one attached hydrogen (secondary N) is 2. The quantitative estimate of drug-likeness (QED) is 0.783. The van der Waals surface area contributed by atoms with Crippen molar-refractivity contribution in [3.8, 4) is 0 Å². The third-order valence-electron chi connectivity index (χ3n) is 5.60. The van der Waals surface area contributed by atoms with Crippen LogP contribution in [0.25, 0.3) is 0 Å². The van der Waals surface area contributed by atoms with E-state index >= 15 is 0 Å². The fourth-order valence-electron chi connectivity index (χ4n) is 3.75. The Morgan fingerprint density at radius 1 is 1.10 bits per heavy atom. The molecule has 0 unspecified atom stereocenters. The van der Waals surface area contributed by atoms with Crippen LogP contribution < -0.4 is 15.5 Å². The van der Waals surface area contributed by atoms with Crippen molar-refractivity contribution in [1.29, 1.82) is 0 Å². The molecule has 2 aromatic carbocycles. The molecule has 4 rings (SSSR count). The molecule has 0 atom stereocenters. The van der Waals surface area contributed by atoms with Gasteiger partial charge in [-0.15, -0.1) is 0 Å². The number of anilines is 2. The van der Waals surface area contributed by atoms with E-state index in [2.05, 4.69) is 53.6 Å². The van der Waals surface area contributed by atoms with Gasteiger partial charge in [0.1, 0.15) is 0 Å². The van der Waals surface area contributed by atoms with Gasteiger partial charge < -0.3 is 15.5 Å². The maximum atomic E-state index is 13.0. The summed E-state index contributed by atoms with van der Waals surface area (Å²) in [6.45, 7) is 6.44. The summed E-state index contributed by atoms with van der Waals surface area (Å²) in [5, 5.41) is 6.01. The standard InChI is InChI=1S/C24H29N3O2/c1-16(2)14-25-24(29)21-13-20(26-23(28)18-7-8-18)9-10-22(21)27-12-11-17-5-3-4-6-19(17)15-27/h3-6,9-10,13,16,18H,7-8,11-12,14-15H2,1-2H3,(H,25,29)(H,26,28). The van der Waals surface area contributed by atoms with Crippen LogP contribution in [0.5, 0.6) is 0 Å². The summed E-state index contributed by atoms with van der Waals surface area (Å²) in [5.74, 6) is 0.474. The summed E-state index contributed by atoms with van der Waals surface area (Å²) < 4.78 is 0. The Bertz CT molecular complexity index is 918. The number of nitrogens with zero attached hydrogens (tertiary/aromatic N) is 1. The average Bonchev–Trinajstić information content (AvgIpc) is 3.57. The Balaban J connectivity index is 1.61. The molecular formula is C24H29N3O2. The van der Waals surface area contributed by atoms with Gasteiger partial charge in [-0.2, -0.15) is 0 Å². The molecule has 2 aromatic rings. The zero-order valence-corrected chi connectivity index (χ0v) is 17.2. The molecule has 5 nitrogen and oxygen atoms in total. The average molecular weight is 392 g/mol. The molecule has 0 bridgehead atoms. The Labute approximate surface area is 172 Å². The Morgan fingerprint density at radius 2 is 1.86 bits per heavy atom. The smallest absolute Gasteiger partial charge is 0.253 e. The lowest BCUT2D eigenvalue weighted by Crippen LogP contribution is -2.34. The highest BCUT2D eigenvalue weighted by Gasteiger charge is 2.30.